The molecular weight excluding hydrogens is 441 g/mol. The molecule has 1 N–H and O–H groups in total. The maximum absolute atomic E-state index is 13.9. The zero-order valence-corrected chi connectivity index (χ0v) is 16.8. The van der Waals surface area contributed by atoms with Crippen LogP contribution in [0, 0.1) is 5.82 Å². The Morgan fingerprint density at radius 3 is 2.67 bits per heavy atom. The molecule has 0 amide bonds. The molecule has 0 fully saturated rings. The predicted octanol–water partition coefficient (Wildman–Crippen LogP) is 3.42. The molecule has 6 nitrogen and oxygen atoms in total. The molecule has 0 aliphatic heterocycles. The van der Waals surface area contributed by atoms with Gasteiger partial charge >= 0.3 is 5.97 Å². The van der Waals surface area contributed by atoms with Crippen molar-refractivity contribution < 1.29 is 27.1 Å². The number of esters is 1. The van der Waals surface area contributed by atoms with Crippen LogP contribution in [0.2, 0.25) is 0 Å². The van der Waals surface area contributed by atoms with Crippen molar-refractivity contribution in [3.8, 4) is 5.75 Å². The topological polar surface area (TPSA) is 81.7 Å². The number of sulfonamides is 1. The van der Waals surface area contributed by atoms with E-state index in [0.29, 0.717) is 15.8 Å². The van der Waals surface area contributed by atoms with E-state index in [0.717, 1.165) is 18.2 Å². The molecule has 0 radical (unpaired) electrons. The van der Waals surface area contributed by atoms with Gasteiger partial charge in [0.1, 0.15) is 23.1 Å². The smallest absolute Gasteiger partial charge is 0.338 e. The van der Waals surface area contributed by atoms with E-state index >= 15 is 0 Å². The van der Waals surface area contributed by atoms with Crippen molar-refractivity contribution in [3.63, 3.8) is 0 Å². The van der Waals surface area contributed by atoms with Crippen LogP contribution < -0.4 is 9.46 Å². The first-order chi connectivity index (χ1) is 12.8. The van der Waals surface area contributed by atoms with Gasteiger partial charge in [-0.05, 0) is 51.8 Å². The second-order valence-corrected chi connectivity index (χ2v) is 7.92. The summed E-state index contributed by atoms with van der Waals surface area (Å²) in [4.78, 5) is 11.6. The van der Waals surface area contributed by atoms with Gasteiger partial charge < -0.3 is 9.47 Å². The first-order valence-electron chi connectivity index (χ1n) is 7.68. The second-order valence-electron chi connectivity index (χ2n) is 5.33. The lowest BCUT2D eigenvalue weighted by Crippen LogP contribution is -2.25. The summed E-state index contributed by atoms with van der Waals surface area (Å²) in [5.41, 5.74) is 0.613. The first kappa shape index (κ1) is 21.1. The van der Waals surface area contributed by atoms with E-state index in [1.807, 2.05) is 0 Å². The van der Waals surface area contributed by atoms with Crippen LogP contribution in [0.25, 0.3) is 0 Å². The summed E-state index contributed by atoms with van der Waals surface area (Å²) >= 11 is 3.33. The Balaban J connectivity index is 2.16. The standard InChI is InChI=1S/C18H17BrFNO5S/c1-3-8-21-27(23,24)17-10-13(5-6-15(17)20)18(22)26-11-12-4-7-16(25-2)14(19)9-12/h3-7,9-10,21H,1,8,11H2,2H3. The molecule has 0 spiro atoms. The van der Waals surface area contributed by atoms with Crippen molar-refractivity contribution >= 4 is 31.9 Å². The highest BCUT2D eigenvalue weighted by Gasteiger charge is 2.21. The number of ether oxygens (including phenoxy) is 2. The average Bonchev–Trinajstić information content (AvgIpc) is 2.64. The summed E-state index contributed by atoms with van der Waals surface area (Å²) in [6.45, 7) is 3.28. The molecule has 0 aliphatic rings. The molecule has 2 aromatic carbocycles. The molecule has 0 atom stereocenters. The van der Waals surface area contributed by atoms with Crippen molar-refractivity contribution in [2.45, 2.75) is 11.5 Å². The molecule has 144 valence electrons. The maximum atomic E-state index is 13.9. The highest BCUT2D eigenvalue weighted by molar-refractivity contribution is 9.10. The number of benzene rings is 2. The Labute approximate surface area is 165 Å². The number of rotatable bonds is 8. The zero-order valence-electron chi connectivity index (χ0n) is 14.4. The van der Waals surface area contributed by atoms with Crippen LogP contribution in [0.15, 0.2) is 58.4 Å². The van der Waals surface area contributed by atoms with Crippen LogP contribution in [0.5, 0.6) is 5.75 Å². The minimum Gasteiger partial charge on any atom is -0.496 e. The Morgan fingerprint density at radius 1 is 1.30 bits per heavy atom. The quantitative estimate of drug-likeness (QED) is 0.485. The van der Waals surface area contributed by atoms with Gasteiger partial charge in [-0.2, -0.15) is 0 Å². The molecule has 0 saturated heterocycles. The molecule has 0 bridgehead atoms. The molecule has 0 unspecified atom stereocenters. The maximum Gasteiger partial charge on any atom is 0.338 e. The van der Waals surface area contributed by atoms with E-state index in [9.17, 15) is 17.6 Å². The lowest BCUT2D eigenvalue weighted by atomic mass is 10.2. The number of carbonyl (C=O) groups excluding carboxylic acids is 1. The summed E-state index contributed by atoms with van der Waals surface area (Å²) in [5, 5.41) is 0. The number of carbonyl (C=O) groups is 1. The van der Waals surface area contributed by atoms with E-state index in [2.05, 4.69) is 27.2 Å². The summed E-state index contributed by atoms with van der Waals surface area (Å²) in [5.74, 6) is -1.12. The SMILES string of the molecule is C=CCNS(=O)(=O)c1cc(C(=O)OCc2ccc(OC)c(Br)c2)ccc1F. The van der Waals surface area contributed by atoms with Gasteiger partial charge in [0.05, 0.1) is 17.1 Å². The van der Waals surface area contributed by atoms with Crippen molar-refractivity contribution in [1.29, 1.82) is 0 Å². The lowest BCUT2D eigenvalue weighted by molar-refractivity contribution is 0.0472. The molecule has 0 aromatic heterocycles. The second kappa shape index (κ2) is 9.12. The summed E-state index contributed by atoms with van der Waals surface area (Å²) in [7, 11) is -2.58. The van der Waals surface area contributed by atoms with Gasteiger partial charge in [0, 0.05) is 6.54 Å². The van der Waals surface area contributed by atoms with E-state index in [4.69, 9.17) is 9.47 Å². The number of hydrogen-bond acceptors (Lipinski definition) is 5. The van der Waals surface area contributed by atoms with E-state index in [-0.39, 0.29) is 18.7 Å². The van der Waals surface area contributed by atoms with E-state index in [1.165, 1.54) is 13.2 Å². The molecule has 2 rings (SSSR count). The number of halogens is 2. The molecule has 2 aromatic rings. The largest absolute Gasteiger partial charge is 0.496 e. The third kappa shape index (κ3) is 5.38. The Hall–Kier alpha value is -2.23. The van der Waals surface area contributed by atoms with Crippen molar-refractivity contribution in [1.82, 2.24) is 4.72 Å². The fraction of sp³-hybridized carbons (Fsp3) is 0.167. The Kier molecular flexibility index (Phi) is 7.11. The third-order valence-corrected chi connectivity index (χ3v) is 5.52. The summed E-state index contributed by atoms with van der Waals surface area (Å²) < 4.78 is 51.2. The van der Waals surface area contributed by atoms with Crippen molar-refractivity contribution in [3.05, 3.63) is 70.5 Å². The van der Waals surface area contributed by atoms with Crippen LogP contribution in [0.1, 0.15) is 15.9 Å². The van der Waals surface area contributed by atoms with Crippen LogP contribution in [-0.2, 0) is 21.4 Å². The lowest BCUT2D eigenvalue weighted by Gasteiger charge is -2.10. The van der Waals surface area contributed by atoms with Gasteiger partial charge in [-0.3, -0.25) is 0 Å². The fourth-order valence-corrected chi connectivity index (χ4v) is 3.80. The van der Waals surface area contributed by atoms with Crippen LogP contribution in [0.3, 0.4) is 0 Å². The fourth-order valence-electron chi connectivity index (χ4n) is 2.11. The highest BCUT2D eigenvalue weighted by atomic mass is 79.9. The predicted molar refractivity (Wildman–Crippen MR) is 102 cm³/mol. The first-order valence-corrected chi connectivity index (χ1v) is 9.95. The number of nitrogens with one attached hydrogen (secondary N) is 1. The van der Waals surface area contributed by atoms with Crippen molar-refractivity contribution in [2.24, 2.45) is 0 Å². The van der Waals surface area contributed by atoms with E-state index in [1.54, 1.807) is 18.2 Å². The third-order valence-electron chi connectivity index (χ3n) is 3.46. The van der Waals surface area contributed by atoms with Gasteiger partial charge in [0.25, 0.3) is 0 Å². The summed E-state index contributed by atoms with van der Waals surface area (Å²) in [6, 6.07) is 8.16. The molecule has 27 heavy (non-hydrogen) atoms. The van der Waals surface area contributed by atoms with Crippen LogP contribution >= 0.6 is 15.9 Å². The van der Waals surface area contributed by atoms with Gasteiger partial charge in [0.2, 0.25) is 10.0 Å². The van der Waals surface area contributed by atoms with Crippen LogP contribution in [0.4, 0.5) is 4.39 Å². The normalized spacial score (nSPS) is 11.1. The van der Waals surface area contributed by atoms with Gasteiger partial charge in [-0.15, -0.1) is 6.58 Å². The minimum absolute atomic E-state index is 0.0460. The van der Waals surface area contributed by atoms with Gasteiger partial charge in [-0.25, -0.2) is 22.3 Å². The van der Waals surface area contributed by atoms with E-state index < -0.39 is 26.7 Å². The zero-order chi connectivity index (χ0) is 20.0. The molecule has 0 heterocycles. The van der Waals surface area contributed by atoms with Gasteiger partial charge in [-0.1, -0.05) is 12.1 Å². The number of methoxy groups -OCH3 is 1. The molecule has 0 aliphatic carbocycles. The minimum atomic E-state index is -4.11. The monoisotopic (exact) mass is 457 g/mol. The highest BCUT2D eigenvalue weighted by Crippen LogP contribution is 2.26. The summed E-state index contributed by atoms with van der Waals surface area (Å²) in [6.07, 6.45) is 1.32. The number of hydrogen-bond donors (Lipinski definition) is 1. The Morgan fingerprint density at radius 2 is 2.04 bits per heavy atom. The van der Waals surface area contributed by atoms with Gasteiger partial charge in [0.15, 0.2) is 0 Å². The van der Waals surface area contributed by atoms with Crippen LogP contribution in [-0.4, -0.2) is 28.0 Å². The molecule has 9 heteroatoms. The van der Waals surface area contributed by atoms with Crippen molar-refractivity contribution in [2.75, 3.05) is 13.7 Å². The Bertz CT molecular complexity index is 962. The molecular formula is C18H17BrFNO5S. The molecule has 0 saturated carbocycles. The average molecular weight is 458 g/mol.